The molecule has 11 heteroatoms. The molecule has 0 spiro atoms. The second-order valence-electron chi connectivity index (χ2n) is 6.62. The molecule has 0 aliphatic carbocycles. The van der Waals surface area contributed by atoms with E-state index in [-0.39, 0.29) is 15.9 Å². The summed E-state index contributed by atoms with van der Waals surface area (Å²) in [5.74, 6) is -0.477. The molecular formula is C21H17BrF2N4O3S. The lowest BCUT2D eigenvalue weighted by Gasteiger charge is -2.09. The number of methoxy groups -OCH3 is 1. The molecule has 4 rings (SSSR count). The van der Waals surface area contributed by atoms with Crippen LogP contribution in [0.3, 0.4) is 0 Å². The van der Waals surface area contributed by atoms with Gasteiger partial charge in [-0.05, 0) is 41.1 Å². The topological polar surface area (TPSA) is 82.2 Å². The predicted molar refractivity (Wildman–Crippen MR) is 121 cm³/mol. The van der Waals surface area contributed by atoms with E-state index in [1.807, 2.05) is 35.8 Å². The lowest BCUT2D eigenvalue weighted by atomic mass is 10.2. The van der Waals surface area contributed by atoms with Crippen molar-refractivity contribution in [2.45, 2.75) is 18.6 Å². The molecule has 2 aromatic heterocycles. The van der Waals surface area contributed by atoms with E-state index in [0.29, 0.717) is 40.7 Å². The highest BCUT2D eigenvalue weighted by Crippen LogP contribution is 2.34. The standard InChI is InChI=1S/C21H17BrF2N4O3S/c1-3-28-20(16-7-11-5-4-6-15(30-2)19(11)31-16)26-27-21(28)32-10-17(29)25-18-13(22)8-12(23)9-14(18)24/h4-9H,3,10H2,1-2H3,(H,25,29). The number of nitrogens with one attached hydrogen (secondary N) is 1. The Hall–Kier alpha value is -2.92. The molecule has 0 aliphatic rings. The number of halogens is 3. The molecule has 2 aromatic carbocycles. The number of para-hydroxylation sites is 1. The number of benzene rings is 2. The molecule has 2 heterocycles. The lowest BCUT2D eigenvalue weighted by molar-refractivity contribution is -0.113. The molecule has 0 saturated carbocycles. The van der Waals surface area contributed by atoms with Gasteiger partial charge in [0.2, 0.25) is 11.7 Å². The van der Waals surface area contributed by atoms with E-state index >= 15 is 0 Å². The van der Waals surface area contributed by atoms with Crippen LogP contribution in [0.2, 0.25) is 0 Å². The van der Waals surface area contributed by atoms with Gasteiger partial charge in [-0.15, -0.1) is 10.2 Å². The fraction of sp³-hybridized carbons (Fsp3) is 0.190. The minimum atomic E-state index is -0.866. The van der Waals surface area contributed by atoms with E-state index in [1.165, 1.54) is 0 Å². The smallest absolute Gasteiger partial charge is 0.234 e. The van der Waals surface area contributed by atoms with Gasteiger partial charge < -0.3 is 14.5 Å². The van der Waals surface area contributed by atoms with Crippen molar-refractivity contribution in [1.29, 1.82) is 0 Å². The number of thioether (sulfide) groups is 1. The average Bonchev–Trinajstić information content (AvgIpc) is 3.37. The maximum absolute atomic E-state index is 13.9. The van der Waals surface area contributed by atoms with E-state index in [4.69, 9.17) is 9.15 Å². The number of fused-ring (bicyclic) bond motifs is 1. The first-order chi connectivity index (χ1) is 15.4. The second-order valence-corrected chi connectivity index (χ2v) is 8.42. The van der Waals surface area contributed by atoms with Crippen molar-refractivity contribution in [1.82, 2.24) is 14.8 Å². The van der Waals surface area contributed by atoms with Crippen molar-refractivity contribution in [3.63, 3.8) is 0 Å². The summed E-state index contributed by atoms with van der Waals surface area (Å²) in [6.07, 6.45) is 0. The van der Waals surface area contributed by atoms with Gasteiger partial charge in [0, 0.05) is 22.5 Å². The van der Waals surface area contributed by atoms with Crippen LogP contribution in [0, 0.1) is 11.6 Å². The highest BCUT2D eigenvalue weighted by Gasteiger charge is 2.20. The third kappa shape index (κ3) is 4.35. The third-order valence-corrected chi connectivity index (χ3v) is 6.18. The molecule has 0 radical (unpaired) electrons. The molecule has 166 valence electrons. The average molecular weight is 523 g/mol. The Morgan fingerprint density at radius 1 is 1.28 bits per heavy atom. The van der Waals surface area contributed by atoms with Crippen molar-refractivity contribution in [2.24, 2.45) is 0 Å². The number of rotatable bonds is 7. The lowest BCUT2D eigenvalue weighted by Crippen LogP contribution is -2.16. The van der Waals surface area contributed by atoms with Crippen LogP contribution in [0.4, 0.5) is 14.5 Å². The van der Waals surface area contributed by atoms with Gasteiger partial charge in [-0.25, -0.2) is 8.78 Å². The van der Waals surface area contributed by atoms with Gasteiger partial charge in [0.25, 0.3) is 0 Å². The predicted octanol–water partition coefficient (Wildman–Crippen LogP) is 5.49. The van der Waals surface area contributed by atoms with Crippen LogP contribution in [0.5, 0.6) is 5.75 Å². The summed E-state index contributed by atoms with van der Waals surface area (Å²) in [5.41, 5.74) is 0.488. The quantitative estimate of drug-likeness (QED) is 0.323. The van der Waals surface area contributed by atoms with Crippen molar-refractivity contribution in [3.8, 4) is 17.3 Å². The number of anilines is 1. The second kappa shape index (κ2) is 9.29. The zero-order valence-electron chi connectivity index (χ0n) is 17.0. The van der Waals surface area contributed by atoms with E-state index in [2.05, 4.69) is 31.4 Å². The van der Waals surface area contributed by atoms with Gasteiger partial charge in [0.15, 0.2) is 28.1 Å². The van der Waals surface area contributed by atoms with Gasteiger partial charge in [-0.3, -0.25) is 9.36 Å². The van der Waals surface area contributed by atoms with Crippen molar-refractivity contribution >= 4 is 50.3 Å². The van der Waals surface area contributed by atoms with E-state index in [0.717, 1.165) is 23.2 Å². The minimum absolute atomic E-state index is 0.0463. The summed E-state index contributed by atoms with van der Waals surface area (Å²) < 4.78 is 40.4. The number of nitrogens with zero attached hydrogens (tertiary/aromatic N) is 3. The van der Waals surface area contributed by atoms with E-state index in [9.17, 15) is 13.6 Å². The highest BCUT2D eigenvalue weighted by molar-refractivity contribution is 9.10. The van der Waals surface area contributed by atoms with Crippen LogP contribution in [-0.2, 0) is 11.3 Å². The Labute approximate surface area is 194 Å². The Balaban J connectivity index is 1.52. The van der Waals surface area contributed by atoms with E-state index in [1.54, 1.807) is 7.11 Å². The number of amides is 1. The van der Waals surface area contributed by atoms with Gasteiger partial charge in [0.05, 0.1) is 18.6 Å². The van der Waals surface area contributed by atoms with Crippen LogP contribution in [0.25, 0.3) is 22.6 Å². The van der Waals surface area contributed by atoms with Gasteiger partial charge >= 0.3 is 0 Å². The van der Waals surface area contributed by atoms with Gasteiger partial charge in [-0.1, -0.05) is 23.9 Å². The van der Waals surface area contributed by atoms with E-state index < -0.39 is 17.5 Å². The first-order valence-electron chi connectivity index (χ1n) is 9.48. The Morgan fingerprint density at radius 2 is 2.09 bits per heavy atom. The molecular weight excluding hydrogens is 506 g/mol. The summed E-state index contributed by atoms with van der Waals surface area (Å²) in [6.45, 7) is 2.46. The molecule has 0 bridgehead atoms. The summed E-state index contributed by atoms with van der Waals surface area (Å²) in [7, 11) is 1.57. The summed E-state index contributed by atoms with van der Waals surface area (Å²) in [4.78, 5) is 12.3. The number of ether oxygens (including phenoxy) is 1. The van der Waals surface area contributed by atoms with Crippen LogP contribution in [-0.4, -0.2) is 33.5 Å². The first kappa shape index (κ1) is 22.3. The highest BCUT2D eigenvalue weighted by atomic mass is 79.9. The molecule has 7 nitrogen and oxygen atoms in total. The fourth-order valence-corrected chi connectivity index (χ4v) is 4.45. The molecule has 0 aliphatic heterocycles. The molecule has 0 fully saturated rings. The first-order valence-corrected chi connectivity index (χ1v) is 11.3. The van der Waals surface area contributed by atoms with Crippen LogP contribution in [0.1, 0.15) is 6.92 Å². The Morgan fingerprint density at radius 3 is 2.81 bits per heavy atom. The number of hydrogen-bond acceptors (Lipinski definition) is 6. The van der Waals surface area contributed by atoms with Gasteiger partial charge in [0.1, 0.15) is 5.82 Å². The number of carbonyl (C=O) groups is 1. The largest absolute Gasteiger partial charge is 0.493 e. The maximum atomic E-state index is 13.9. The van der Waals surface area contributed by atoms with Crippen molar-refractivity contribution in [3.05, 3.63) is 52.5 Å². The number of hydrogen-bond donors (Lipinski definition) is 1. The fourth-order valence-electron chi connectivity index (χ4n) is 3.14. The summed E-state index contributed by atoms with van der Waals surface area (Å²) in [5, 5.41) is 12.2. The maximum Gasteiger partial charge on any atom is 0.234 e. The molecule has 0 unspecified atom stereocenters. The van der Waals surface area contributed by atoms with Crippen molar-refractivity contribution < 1.29 is 22.7 Å². The zero-order chi connectivity index (χ0) is 22.8. The summed E-state index contributed by atoms with van der Waals surface area (Å²) in [6, 6.07) is 9.22. The number of carbonyl (C=O) groups excluding carboxylic acids is 1. The normalized spacial score (nSPS) is 11.2. The third-order valence-electron chi connectivity index (χ3n) is 4.59. The minimum Gasteiger partial charge on any atom is -0.493 e. The Kier molecular flexibility index (Phi) is 6.47. The molecule has 0 atom stereocenters. The van der Waals surface area contributed by atoms with Gasteiger partial charge in [-0.2, -0.15) is 0 Å². The SMILES string of the molecule is CCn1c(SCC(=O)Nc2c(F)cc(F)cc2Br)nnc1-c1cc2cccc(OC)c2o1. The Bertz CT molecular complexity index is 1280. The van der Waals surface area contributed by atoms with Crippen LogP contribution in [0.15, 0.2) is 50.4 Å². The van der Waals surface area contributed by atoms with Crippen molar-refractivity contribution in [2.75, 3.05) is 18.2 Å². The molecule has 32 heavy (non-hydrogen) atoms. The van der Waals surface area contributed by atoms with Crippen LogP contribution >= 0.6 is 27.7 Å². The molecule has 4 aromatic rings. The summed E-state index contributed by atoms with van der Waals surface area (Å²) >= 11 is 4.19. The molecule has 1 amide bonds. The van der Waals surface area contributed by atoms with Crippen LogP contribution < -0.4 is 10.1 Å². The number of furan rings is 1. The monoisotopic (exact) mass is 522 g/mol. The molecule has 0 saturated heterocycles. The zero-order valence-corrected chi connectivity index (χ0v) is 19.4. The number of aromatic nitrogens is 3. The molecule has 1 N–H and O–H groups in total.